The highest BCUT2D eigenvalue weighted by molar-refractivity contribution is 5.98. The third-order valence-electron chi connectivity index (χ3n) is 7.83. The average molecular weight is 602 g/mol. The Morgan fingerprint density at radius 2 is 1.48 bits per heavy atom. The number of hydrogen-bond acceptors (Lipinski definition) is 5. The molecule has 0 spiro atoms. The number of amides is 5. The van der Waals surface area contributed by atoms with Crippen LogP contribution in [0.3, 0.4) is 0 Å². The maximum Gasteiger partial charge on any atom is 0.408 e. The van der Waals surface area contributed by atoms with E-state index >= 15 is 0 Å². The molecule has 0 unspecified atom stereocenters. The minimum Gasteiger partial charge on any atom is -0.465 e. The third kappa shape index (κ3) is 7.54. The van der Waals surface area contributed by atoms with Gasteiger partial charge in [-0.25, -0.2) is 9.59 Å². The average Bonchev–Trinajstić information content (AvgIpc) is 3.31. The summed E-state index contributed by atoms with van der Waals surface area (Å²) in [5.74, 6) is -1.78. The summed E-state index contributed by atoms with van der Waals surface area (Å²) < 4.78 is 0. The number of primary amides is 1. The van der Waals surface area contributed by atoms with Crippen LogP contribution in [0.5, 0.6) is 0 Å². The lowest BCUT2D eigenvalue weighted by Crippen LogP contribution is -2.56. The van der Waals surface area contributed by atoms with Gasteiger partial charge in [0, 0.05) is 24.7 Å². The largest absolute Gasteiger partial charge is 0.465 e. The van der Waals surface area contributed by atoms with Gasteiger partial charge in [0.2, 0.25) is 11.8 Å². The van der Waals surface area contributed by atoms with E-state index in [1.165, 1.54) is 4.90 Å². The standard InChI is InChI=1S/C33H39N5O6/c1-20(2)29(38(33(43)44)18-27-25-10-5-3-8-23(25)24-9-4-6-11-26(24)27)31(41)37-28(12-7-17-35-32(34)42)30(40)36-22-15-13-21(19-39)14-16-22/h3-6,8-11,13-16,20,27-29,39H,7,12,17-19H2,1-2H3,(H,36,40)(H,37,41)(H,43,44)(H3,34,35,42)/t28-,29-/m1/s1. The topological polar surface area (TPSA) is 174 Å². The van der Waals surface area contributed by atoms with Crippen molar-refractivity contribution in [1.29, 1.82) is 0 Å². The molecule has 0 heterocycles. The molecular weight excluding hydrogens is 562 g/mol. The fraction of sp³-hybridized carbons (Fsp3) is 0.333. The second-order valence-electron chi connectivity index (χ2n) is 11.2. The molecule has 0 saturated heterocycles. The van der Waals surface area contributed by atoms with E-state index in [0.717, 1.165) is 22.3 Å². The van der Waals surface area contributed by atoms with Gasteiger partial charge in [0.15, 0.2) is 0 Å². The number of nitrogens with two attached hydrogens (primary N) is 1. The van der Waals surface area contributed by atoms with Gasteiger partial charge in [-0.15, -0.1) is 0 Å². The Morgan fingerprint density at radius 3 is 2.00 bits per heavy atom. The molecular formula is C33H39N5O6. The molecule has 0 aromatic heterocycles. The van der Waals surface area contributed by atoms with Gasteiger partial charge in [-0.3, -0.25) is 14.5 Å². The highest BCUT2D eigenvalue weighted by Gasteiger charge is 2.38. The summed E-state index contributed by atoms with van der Waals surface area (Å²) in [7, 11) is 0. The summed E-state index contributed by atoms with van der Waals surface area (Å²) in [5.41, 5.74) is 10.4. The molecule has 5 amide bonds. The maximum absolute atomic E-state index is 13.9. The van der Waals surface area contributed by atoms with Crippen LogP contribution >= 0.6 is 0 Å². The lowest BCUT2D eigenvalue weighted by molar-refractivity contribution is -0.131. The van der Waals surface area contributed by atoms with E-state index in [-0.39, 0.29) is 32.0 Å². The minimum atomic E-state index is -1.24. The van der Waals surface area contributed by atoms with Crippen molar-refractivity contribution in [2.45, 2.75) is 51.3 Å². The molecule has 3 aromatic carbocycles. The number of aliphatic hydroxyl groups is 1. The third-order valence-corrected chi connectivity index (χ3v) is 7.83. The van der Waals surface area contributed by atoms with Gasteiger partial charge in [-0.05, 0) is 58.7 Å². The number of carboxylic acid groups (broad SMARTS) is 1. The molecule has 1 aliphatic carbocycles. The molecule has 1 aliphatic rings. The second kappa shape index (κ2) is 14.5. The van der Waals surface area contributed by atoms with E-state index in [4.69, 9.17) is 5.73 Å². The van der Waals surface area contributed by atoms with Gasteiger partial charge < -0.3 is 31.9 Å². The zero-order chi connectivity index (χ0) is 31.8. The van der Waals surface area contributed by atoms with Crippen LogP contribution in [-0.4, -0.2) is 64.2 Å². The predicted octanol–water partition coefficient (Wildman–Crippen LogP) is 3.87. The molecule has 7 N–H and O–H groups in total. The first kappa shape index (κ1) is 32.0. The van der Waals surface area contributed by atoms with Crippen molar-refractivity contribution in [1.82, 2.24) is 15.5 Å². The number of fused-ring (bicyclic) bond motifs is 3. The maximum atomic E-state index is 13.9. The number of aliphatic hydroxyl groups excluding tert-OH is 1. The van der Waals surface area contributed by atoms with E-state index < -0.39 is 41.9 Å². The molecule has 44 heavy (non-hydrogen) atoms. The zero-order valence-corrected chi connectivity index (χ0v) is 24.8. The smallest absolute Gasteiger partial charge is 0.408 e. The van der Waals surface area contributed by atoms with Crippen LogP contribution in [0, 0.1) is 5.92 Å². The molecule has 4 rings (SSSR count). The number of nitrogens with one attached hydrogen (secondary N) is 3. The Hall–Kier alpha value is -4.90. The molecule has 11 heteroatoms. The second-order valence-corrected chi connectivity index (χ2v) is 11.2. The molecule has 0 aliphatic heterocycles. The van der Waals surface area contributed by atoms with Crippen molar-refractivity contribution in [3.8, 4) is 11.1 Å². The zero-order valence-electron chi connectivity index (χ0n) is 24.8. The Labute approximate surface area is 256 Å². The van der Waals surface area contributed by atoms with Crippen LogP contribution in [0.25, 0.3) is 11.1 Å². The van der Waals surface area contributed by atoms with E-state index in [1.54, 1.807) is 38.1 Å². The number of carbonyl (C=O) groups excluding carboxylic acids is 3. The van der Waals surface area contributed by atoms with E-state index in [2.05, 4.69) is 16.0 Å². The van der Waals surface area contributed by atoms with Gasteiger partial charge in [0.25, 0.3) is 0 Å². The monoisotopic (exact) mass is 601 g/mol. The highest BCUT2D eigenvalue weighted by atomic mass is 16.4. The van der Waals surface area contributed by atoms with Crippen molar-refractivity contribution < 1.29 is 29.4 Å². The normalized spacial score (nSPS) is 13.4. The van der Waals surface area contributed by atoms with E-state index in [1.807, 2.05) is 48.5 Å². The number of benzene rings is 3. The predicted molar refractivity (Wildman–Crippen MR) is 167 cm³/mol. The first-order valence-corrected chi connectivity index (χ1v) is 14.6. The van der Waals surface area contributed by atoms with Crippen LogP contribution < -0.4 is 21.7 Å². The molecule has 0 radical (unpaired) electrons. The summed E-state index contributed by atoms with van der Waals surface area (Å²) >= 11 is 0. The quantitative estimate of drug-likeness (QED) is 0.162. The summed E-state index contributed by atoms with van der Waals surface area (Å²) in [4.78, 5) is 52.3. The fourth-order valence-corrected chi connectivity index (χ4v) is 5.73. The van der Waals surface area contributed by atoms with Crippen molar-refractivity contribution in [2.75, 3.05) is 18.4 Å². The Morgan fingerprint density at radius 1 is 0.886 bits per heavy atom. The van der Waals surface area contributed by atoms with Crippen molar-refractivity contribution in [2.24, 2.45) is 11.7 Å². The van der Waals surface area contributed by atoms with Crippen LogP contribution in [0.4, 0.5) is 15.3 Å². The Balaban J connectivity index is 1.57. The van der Waals surface area contributed by atoms with Crippen molar-refractivity contribution >= 4 is 29.6 Å². The van der Waals surface area contributed by atoms with Crippen molar-refractivity contribution in [3.63, 3.8) is 0 Å². The molecule has 0 bridgehead atoms. The number of anilines is 1. The van der Waals surface area contributed by atoms with Gasteiger partial charge in [0.1, 0.15) is 12.1 Å². The summed E-state index contributed by atoms with van der Waals surface area (Å²) in [6.45, 7) is 3.64. The van der Waals surface area contributed by atoms with Crippen LogP contribution in [0.1, 0.15) is 49.3 Å². The lowest BCUT2D eigenvalue weighted by Gasteiger charge is -2.34. The Kier molecular flexibility index (Phi) is 10.6. The molecule has 11 nitrogen and oxygen atoms in total. The van der Waals surface area contributed by atoms with Crippen LogP contribution in [0.15, 0.2) is 72.8 Å². The van der Waals surface area contributed by atoms with Crippen molar-refractivity contribution in [3.05, 3.63) is 89.5 Å². The fourth-order valence-electron chi connectivity index (χ4n) is 5.73. The number of nitrogens with zero attached hydrogens (tertiary/aromatic N) is 1. The summed E-state index contributed by atoms with van der Waals surface area (Å²) in [6.07, 6.45) is -0.750. The van der Waals surface area contributed by atoms with Crippen LogP contribution in [0.2, 0.25) is 0 Å². The van der Waals surface area contributed by atoms with Gasteiger partial charge in [-0.2, -0.15) is 0 Å². The number of hydrogen-bond donors (Lipinski definition) is 6. The van der Waals surface area contributed by atoms with Gasteiger partial charge in [-0.1, -0.05) is 74.5 Å². The first-order chi connectivity index (χ1) is 21.1. The van der Waals surface area contributed by atoms with E-state index in [0.29, 0.717) is 17.7 Å². The summed E-state index contributed by atoms with van der Waals surface area (Å²) in [5, 5.41) is 27.7. The molecule has 2 atom stereocenters. The Bertz CT molecular complexity index is 1450. The molecule has 232 valence electrons. The SMILES string of the molecule is CC(C)[C@H](C(=O)N[C@H](CCCNC(N)=O)C(=O)Nc1ccc(CO)cc1)N(CC1c2ccccc2-c2ccccc21)C(=O)O. The number of rotatable bonds is 13. The number of carbonyl (C=O) groups is 4. The van der Waals surface area contributed by atoms with Gasteiger partial charge in [0.05, 0.1) is 6.61 Å². The van der Waals surface area contributed by atoms with Crippen LogP contribution in [-0.2, 0) is 16.2 Å². The molecule has 0 saturated carbocycles. The van der Waals surface area contributed by atoms with Gasteiger partial charge >= 0.3 is 12.1 Å². The van der Waals surface area contributed by atoms with E-state index in [9.17, 15) is 29.4 Å². The summed E-state index contributed by atoms with van der Waals surface area (Å²) in [6, 6.07) is 19.5. The molecule has 3 aromatic rings. The highest BCUT2D eigenvalue weighted by Crippen LogP contribution is 2.45. The first-order valence-electron chi connectivity index (χ1n) is 14.6. The number of urea groups is 1. The lowest BCUT2D eigenvalue weighted by atomic mass is 9.93. The minimum absolute atomic E-state index is 0.0518. The molecule has 0 fully saturated rings.